The van der Waals surface area contributed by atoms with Gasteiger partial charge < -0.3 is 14.5 Å². The van der Waals surface area contributed by atoms with Crippen LogP contribution in [0.1, 0.15) is 37.0 Å². The second-order valence-electron chi connectivity index (χ2n) is 7.41. The summed E-state index contributed by atoms with van der Waals surface area (Å²) in [6.45, 7) is 12.2. The van der Waals surface area contributed by atoms with Crippen LogP contribution in [0.2, 0.25) is 0 Å². The first-order valence-electron chi connectivity index (χ1n) is 10.3. The maximum atomic E-state index is 13.4. The molecule has 0 spiro atoms. The second-order valence-corrected chi connectivity index (χ2v) is 9.35. The van der Waals surface area contributed by atoms with Gasteiger partial charge in [-0.2, -0.15) is 4.31 Å². The highest BCUT2D eigenvalue weighted by atomic mass is 32.2. The zero-order valence-electron chi connectivity index (χ0n) is 17.4. The fraction of sp³-hybridized carbons (Fsp3) is 0.571. The summed E-state index contributed by atoms with van der Waals surface area (Å²) >= 11 is 0. The number of carbonyl (C=O) groups excluding carboxylic acids is 1. The predicted molar refractivity (Wildman–Crippen MR) is 114 cm³/mol. The molecule has 0 unspecified atom stereocenters. The molecule has 1 aromatic carbocycles. The molecule has 2 fully saturated rings. The summed E-state index contributed by atoms with van der Waals surface area (Å²) < 4.78 is 32.9. The second kappa shape index (κ2) is 9.28. The molecule has 29 heavy (non-hydrogen) atoms. The number of benzene rings is 1. The number of likely N-dealkylation sites (tertiary alicyclic amines) is 1. The van der Waals surface area contributed by atoms with Crippen LogP contribution in [0.5, 0.6) is 0 Å². The van der Waals surface area contributed by atoms with Crippen LogP contribution in [-0.2, 0) is 14.8 Å². The van der Waals surface area contributed by atoms with Gasteiger partial charge in [-0.25, -0.2) is 8.42 Å². The van der Waals surface area contributed by atoms with E-state index < -0.39 is 10.0 Å². The quantitative estimate of drug-likeness (QED) is 0.660. The van der Waals surface area contributed by atoms with Gasteiger partial charge in [-0.3, -0.25) is 4.79 Å². The maximum Gasteiger partial charge on any atom is 0.256 e. The number of anilines is 1. The zero-order chi connectivity index (χ0) is 21.0. The number of rotatable bonds is 6. The van der Waals surface area contributed by atoms with Crippen LogP contribution in [0.15, 0.2) is 35.2 Å². The van der Waals surface area contributed by atoms with Crippen LogP contribution >= 0.6 is 0 Å². The van der Waals surface area contributed by atoms with E-state index in [0.717, 1.165) is 24.1 Å². The van der Waals surface area contributed by atoms with Crippen LogP contribution in [0.3, 0.4) is 0 Å². The number of ether oxygens (including phenoxy) is 1. The molecule has 8 heteroatoms. The van der Waals surface area contributed by atoms with Crippen molar-refractivity contribution in [1.29, 1.82) is 0 Å². The lowest BCUT2D eigenvalue weighted by molar-refractivity contribution is 0.0743. The summed E-state index contributed by atoms with van der Waals surface area (Å²) in [6, 6.07) is 4.95. The molecule has 2 aliphatic rings. The molecule has 0 aliphatic carbocycles. The van der Waals surface area contributed by atoms with E-state index in [2.05, 4.69) is 11.5 Å². The van der Waals surface area contributed by atoms with Crippen molar-refractivity contribution in [3.63, 3.8) is 0 Å². The van der Waals surface area contributed by atoms with Crippen molar-refractivity contribution in [3.05, 3.63) is 35.9 Å². The number of nitrogens with zero attached hydrogens (tertiary/aromatic N) is 3. The zero-order valence-corrected chi connectivity index (χ0v) is 18.2. The van der Waals surface area contributed by atoms with Crippen LogP contribution in [0, 0.1) is 0 Å². The molecule has 0 saturated carbocycles. The Morgan fingerprint density at radius 1 is 1.10 bits per heavy atom. The number of piperidine rings is 1. The largest absolute Gasteiger partial charge is 0.378 e. The molecule has 0 bridgehead atoms. The number of morpholine rings is 1. The van der Waals surface area contributed by atoms with Crippen molar-refractivity contribution >= 4 is 21.6 Å². The SMILES string of the molecule is C=C1CCN(C(=O)c2cc(S(=O)(=O)N(CC)CC)ccc2N2CCOCC2)CC1. The summed E-state index contributed by atoms with van der Waals surface area (Å²) in [5.41, 5.74) is 2.38. The highest BCUT2D eigenvalue weighted by Gasteiger charge is 2.28. The summed E-state index contributed by atoms with van der Waals surface area (Å²) in [6.07, 6.45) is 1.58. The van der Waals surface area contributed by atoms with Crippen LogP contribution in [-0.4, -0.2) is 76.0 Å². The van der Waals surface area contributed by atoms with E-state index in [1.54, 1.807) is 18.2 Å². The fourth-order valence-corrected chi connectivity index (χ4v) is 5.32. The van der Waals surface area contributed by atoms with Gasteiger partial charge >= 0.3 is 0 Å². The lowest BCUT2D eigenvalue weighted by Crippen LogP contribution is -2.40. The van der Waals surface area contributed by atoms with Gasteiger partial charge in [0.1, 0.15) is 0 Å². The fourth-order valence-electron chi connectivity index (χ4n) is 3.84. The van der Waals surface area contributed by atoms with E-state index in [9.17, 15) is 13.2 Å². The molecule has 7 nitrogen and oxygen atoms in total. The smallest absolute Gasteiger partial charge is 0.256 e. The van der Waals surface area contributed by atoms with Crippen LogP contribution in [0.25, 0.3) is 0 Å². The number of carbonyl (C=O) groups is 1. The van der Waals surface area contributed by atoms with Crippen LogP contribution < -0.4 is 4.90 Å². The first kappa shape index (κ1) is 21.8. The van der Waals surface area contributed by atoms with Crippen molar-refractivity contribution in [2.24, 2.45) is 0 Å². The van der Waals surface area contributed by atoms with Crippen molar-refractivity contribution in [2.45, 2.75) is 31.6 Å². The first-order valence-corrected chi connectivity index (χ1v) is 11.7. The monoisotopic (exact) mass is 421 g/mol. The molecule has 1 aromatic rings. The number of sulfonamides is 1. The van der Waals surface area contributed by atoms with E-state index in [4.69, 9.17) is 4.74 Å². The Morgan fingerprint density at radius 3 is 2.31 bits per heavy atom. The van der Waals surface area contributed by atoms with Crippen molar-refractivity contribution < 1.29 is 17.9 Å². The minimum atomic E-state index is -3.64. The van der Waals surface area contributed by atoms with E-state index in [1.807, 2.05) is 18.7 Å². The molecule has 160 valence electrons. The summed E-state index contributed by atoms with van der Waals surface area (Å²) in [7, 11) is -3.64. The molecule has 0 aromatic heterocycles. The van der Waals surface area contributed by atoms with Crippen molar-refractivity contribution in [1.82, 2.24) is 9.21 Å². The molecule has 2 aliphatic heterocycles. The van der Waals surface area contributed by atoms with Gasteiger partial charge in [0.2, 0.25) is 10.0 Å². The Balaban J connectivity index is 2.01. The average Bonchev–Trinajstić information content (AvgIpc) is 2.74. The molecule has 1 amide bonds. The Bertz CT molecular complexity index is 849. The average molecular weight is 422 g/mol. The van der Waals surface area contributed by atoms with Crippen molar-refractivity contribution in [2.75, 3.05) is 57.4 Å². The number of amides is 1. The van der Waals surface area contributed by atoms with E-state index in [-0.39, 0.29) is 10.8 Å². The van der Waals surface area contributed by atoms with Gasteiger partial charge in [0, 0.05) is 45.0 Å². The van der Waals surface area contributed by atoms with Crippen LogP contribution in [0.4, 0.5) is 5.69 Å². The molecule has 0 radical (unpaired) electrons. The molecule has 3 rings (SSSR count). The Morgan fingerprint density at radius 2 is 1.72 bits per heavy atom. The van der Waals surface area contributed by atoms with E-state index in [1.165, 1.54) is 4.31 Å². The Labute approximate surface area is 174 Å². The van der Waals surface area contributed by atoms with Gasteiger partial charge in [-0.05, 0) is 31.0 Å². The normalized spacial score (nSPS) is 18.4. The predicted octanol–water partition coefficient (Wildman–Crippen LogP) is 2.35. The van der Waals surface area contributed by atoms with E-state index >= 15 is 0 Å². The molecule has 2 heterocycles. The number of hydrogen-bond donors (Lipinski definition) is 0. The number of hydrogen-bond acceptors (Lipinski definition) is 5. The van der Waals surface area contributed by atoms with Gasteiger partial charge in [-0.15, -0.1) is 0 Å². The lowest BCUT2D eigenvalue weighted by Gasteiger charge is -2.33. The molecule has 0 atom stereocenters. The van der Waals surface area contributed by atoms with Crippen molar-refractivity contribution in [3.8, 4) is 0 Å². The van der Waals surface area contributed by atoms with Gasteiger partial charge in [-0.1, -0.05) is 26.0 Å². The van der Waals surface area contributed by atoms with Gasteiger partial charge in [0.25, 0.3) is 5.91 Å². The minimum absolute atomic E-state index is 0.115. The summed E-state index contributed by atoms with van der Waals surface area (Å²) in [4.78, 5) is 17.5. The molecular formula is C21H31N3O4S. The highest BCUT2D eigenvalue weighted by Crippen LogP contribution is 2.29. The standard InChI is InChI=1S/C21H31N3O4S/c1-4-24(5-2)29(26,27)18-6-7-20(22-12-14-28-15-13-22)19(16-18)21(25)23-10-8-17(3)9-11-23/h6-7,16H,3-5,8-15H2,1-2H3. The third kappa shape index (κ3) is 4.65. The first-order chi connectivity index (χ1) is 13.9. The van der Waals surface area contributed by atoms with Gasteiger partial charge in [0.15, 0.2) is 0 Å². The topological polar surface area (TPSA) is 70.2 Å². The maximum absolute atomic E-state index is 13.4. The molecule has 0 N–H and O–H groups in total. The minimum Gasteiger partial charge on any atom is -0.378 e. The lowest BCUT2D eigenvalue weighted by atomic mass is 10.0. The molecule has 2 saturated heterocycles. The third-order valence-electron chi connectivity index (χ3n) is 5.65. The summed E-state index contributed by atoms with van der Waals surface area (Å²) in [5, 5.41) is 0. The Kier molecular flexibility index (Phi) is 6.97. The third-order valence-corrected chi connectivity index (χ3v) is 7.70. The Hall–Kier alpha value is -1.90. The highest BCUT2D eigenvalue weighted by molar-refractivity contribution is 7.89. The van der Waals surface area contributed by atoms with Gasteiger partial charge in [0.05, 0.1) is 23.7 Å². The summed E-state index contributed by atoms with van der Waals surface area (Å²) in [5.74, 6) is -0.115. The molecular weight excluding hydrogens is 390 g/mol. The van der Waals surface area contributed by atoms with E-state index in [0.29, 0.717) is 58.0 Å².